The molecule has 1 saturated heterocycles. The van der Waals surface area contributed by atoms with E-state index in [1.54, 1.807) is 12.1 Å². The second kappa shape index (κ2) is 11.8. The van der Waals surface area contributed by atoms with Crippen LogP contribution in [0.2, 0.25) is 0 Å². The lowest BCUT2D eigenvalue weighted by Crippen LogP contribution is -2.38. The van der Waals surface area contributed by atoms with Crippen molar-refractivity contribution in [2.24, 2.45) is 0 Å². The minimum atomic E-state index is -0.265. The molecular weight excluding hydrogens is 443 g/mol. The van der Waals surface area contributed by atoms with Crippen molar-refractivity contribution in [1.29, 1.82) is 0 Å². The molecule has 0 unspecified atom stereocenters. The van der Waals surface area contributed by atoms with Gasteiger partial charge in [-0.2, -0.15) is 9.36 Å². The van der Waals surface area contributed by atoms with Crippen molar-refractivity contribution in [3.63, 3.8) is 0 Å². The first-order chi connectivity index (χ1) is 16.1. The van der Waals surface area contributed by atoms with Gasteiger partial charge in [-0.25, -0.2) is 4.39 Å². The molecule has 1 N–H and O–H groups in total. The molecule has 0 saturated carbocycles. The van der Waals surface area contributed by atoms with Crippen LogP contribution in [0.1, 0.15) is 23.4 Å². The Hall–Kier alpha value is -2.88. The quantitative estimate of drug-likeness (QED) is 0.458. The maximum atomic E-state index is 13.0. The summed E-state index contributed by atoms with van der Waals surface area (Å²) in [7, 11) is 0. The van der Waals surface area contributed by atoms with Gasteiger partial charge in [0.25, 0.3) is 5.19 Å². The molecule has 0 aliphatic carbocycles. The Bertz CT molecular complexity index is 1020. The highest BCUT2D eigenvalue weighted by atomic mass is 32.1. The van der Waals surface area contributed by atoms with Gasteiger partial charge in [0.2, 0.25) is 5.91 Å². The van der Waals surface area contributed by atoms with E-state index < -0.39 is 0 Å². The number of morpholine rings is 1. The molecule has 33 heavy (non-hydrogen) atoms. The number of nitrogens with zero attached hydrogens (tertiary/aromatic N) is 3. The van der Waals surface area contributed by atoms with Crippen LogP contribution >= 0.6 is 11.5 Å². The van der Waals surface area contributed by atoms with Crippen LogP contribution in [-0.4, -0.2) is 59.6 Å². The molecule has 0 spiro atoms. The monoisotopic (exact) mass is 470 g/mol. The summed E-state index contributed by atoms with van der Waals surface area (Å²) in [4.78, 5) is 18.9. The molecule has 0 bridgehead atoms. The minimum Gasteiger partial charge on any atom is -0.430 e. The highest BCUT2D eigenvalue weighted by Crippen LogP contribution is 2.24. The van der Waals surface area contributed by atoms with Gasteiger partial charge in [0.15, 0.2) is 5.82 Å². The van der Waals surface area contributed by atoms with E-state index in [4.69, 9.17) is 9.47 Å². The van der Waals surface area contributed by atoms with Gasteiger partial charge in [-0.3, -0.25) is 9.69 Å². The number of hydrogen-bond donors (Lipinski definition) is 1. The average molecular weight is 471 g/mol. The summed E-state index contributed by atoms with van der Waals surface area (Å²) in [5.74, 6) is 1.01. The van der Waals surface area contributed by atoms with Gasteiger partial charge in [0.05, 0.1) is 19.6 Å². The minimum absolute atomic E-state index is 0.0141. The van der Waals surface area contributed by atoms with Crippen LogP contribution in [0.5, 0.6) is 10.9 Å². The summed E-state index contributed by atoms with van der Waals surface area (Å²) in [6.07, 6.45) is 1.78. The topological polar surface area (TPSA) is 76.6 Å². The van der Waals surface area contributed by atoms with Gasteiger partial charge >= 0.3 is 0 Å². The van der Waals surface area contributed by atoms with Gasteiger partial charge in [0, 0.05) is 37.6 Å². The SMILES string of the molecule is O=C(Cc1ccc(Oc2nc(Cc3ccc(F)cc3)ns2)cc1)NCCCN1CCOCC1. The number of hydrogen-bond acceptors (Lipinski definition) is 7. The van der Waals surface area contributed by atoms with E-state index in [0.717, 1.165) is 50.4 Å². The van der Waals surface area contributed by atoms with Crippen molar-refractivity contribution >= 4 is 17.4 Å². The first-order valence-electron chi connectivity index (χ1n) is 11.0. The number of ether oxygens (including phenoxy) is 2. The van der Waals surface area contributed by atoms with Crippen molar-refractivity contribution in [2.45, 2.75) is 19.3 Å². The van der Waals surface area contributed by atoms with E-state index in [2.05, 4.69) is 19.6 Å². The maximum Gasteiger partial charge on any atom is 0.298 e. The van der Waals surface area contributed by atoms with E-state index in [-0.39, 0.29) is 11.7 Å². The Morgan fingerprint density at radius 3 is 2.58 bits per heavy atom. The van der Waals surface area contributed by atoms with Crippen LogP contribution < -0.4 is 10.1 Å². The molecule has 1 aliphatic heterocycles. The van der Waals surface area contributed by atoms with Gasteiger partial charge in [-0.05, 0) is 48.4 Å². The fourth-order valence-electron chi connectivity index (χ4n) is 3.52. The molecule has 0 radical (unpaired) electrons. The lowest BCUT2D eigenvalue weighted by molar-refractivity contribution is -0.120. The number of carbonyl (C=O) groups is 1. The molecule has 2 heterocycles. The summed E-state index contributed by atoms with van der Waals surface area (Å²) in [5, 5.41) is 3.43. The average Bonchev–Trinajstić information content (AvgIpc) is 3.27. The molecule has 2 aromatic carbocycles. The predicted molar refractivity (Wildman–Crippen MR) is 124 cm³/mol. The Morgan fingerprint density at radius 1 is 1.09 bits per heavy atom. The molecule has 4 rings (SSSR count). The smallest absolute Gasteiger partial charge is 0.298 e. The van der Waals surface area contributed by atoms with Gasteiger partial charge < -0.3 is 14.8 Å². The number of benzene rings is 2. The third kappa shape index (κ3) is 7.59. The molecular formula is C24H27FN4O3S. The highest BCUT2D eigenvalue weighted by molar-refractivity contribution is 7.07. The number of halogens is 1. The largest absolute Gasteiger partial charge is 0.430 e. The third-order valence-electron chi connectivity index (χ3n) is 5.30. The Morgan fingerprint density at radius 2 is 1.82 bits per heavy atom. The predicted octanol–water partition coefficient (Wildman–Crippen LogP) is 3.44. The molecule has 1 amide bonds. The molecule has 1 aliphatic rings. The van der Waals surface area contributed by atoms with E-state index in [9.17, 15) is 9.18 Å². The number of rotatable bonds is 10. The Labute approximate surface area is 196 Å². The van der Waals surface area contributed by atoms with Gasteiger partial charge in [-0.15, -0.1) is 0 Å². The molecule has 0 atom stereocenters. The third-order valence-corrected chi connectivity index (χ3v) is 5.93. The fourth-order valence-corrected chi connectivity index (χ4v) is 4.08. The zero-order chi connectivity index (χ0) is 22.9. The zero-order valence-electron chi connectivity index (χ0n) is 18.3. The maximum absolute atomic E-state index is 13.0. The molecule has 9 heteroatoms. The lowest BCUT2D eigenvalue weighted by atomic mass is 10.1. The number of nitrogens with one attached hydrogen (secondary N) is 1. The normalized spacial score (nSPS) is 14.2. The van der Waals surface area contributed by atoms with Crippen molar-refractivity contribution in [3.05, 3.63) is 71.3 Å². The van der Waals surface area contributed by atoms with Crippen LogP contribution in [-0.2, 0) is 22.4 Å². The van der Waals surface area contributed by atoms with Crippen molar-refractivity contribution in [3.8, 4) is 10.9 Å². The standard InChI is InChI=1S/C24H27FN4O3S/c25-20-6-2-18(3-7-20)16-22-27-24(33-28-22)32-21-8-4-19(5-9-21)17-23(30)26-10-1-11-29-12-14-31-15-13-29/h2-9H,1,10-17H2,(H,26,30). The van der Waals surface area contributed by atoms with Crippen LogP contribution in [0, 0.1) is 5.82 Å². The lowest BCUT2D eigenvalue weighted by Gasteiger charge is -2.26. The first kappa shape index (κ1) is 23.3. The summed E-state index contributed by atoms with van der Waals surface area (Å²) in [6.45, 7) is 5.18. The summed E-state index contributed by atoms with van der Waals surface area (Å²) >= 11 is 1.17. The number of aromatic nitrogens is 2. The van der Waals surface area contributed by atoms with Crippen molar-refractivity contribution < 1.29 is 18.7 Å². The second-order valence-electron chi connectivity index (χ2n) is 7.86. The van der Waals surface area contributed by atoms with E-state index in [1.165, 1.54) is 23.7 Å². The number of carbonyl (C=O) groups excluding carboxylic acids is 1. The Balaban J connectivity index is 1.18. The van der Waals surface area contributed by atoms with Gasteiger partial charge in [0.1, 0.15) is 11.6 Å². The zero-order valence-corrected chi connectivity index (χ0v) is 19.2. The van der Waals surface area contributed by atoms with Crippen LogP contribution in [0.15, 0.2) is 48.5 Å². The van der Waals surface area contributed by atoms with Crippen LogP contribution in [0.3, 0.4) is 0 Å². The summed E-state index contributed by atoms with van der Waals surface area (Å²) < 4.78 is 28.5. The van der Waals surface area contributed by atoms with E-state index in [1.807, 2.05) is 24.3 Å². The number of amides is 1. The summed E-state index contributed by atoms with van der Waals surface area (Å²) in [6, 6.07) is 13.7. The van der Waals surface area contributed by atoms with Crippen LogP contribution in [0.4, 0.5) is 4.39 Å². The Kier molecular flexibility index (Phi) is 8.35. The molecule has 1 fully saturated rings. The second-order valence-corrected chi connectivity index (χ2v) is 8.57. The van der Waals surface area contributed by atoms with E-state index in [0.29, 0.717) is 36.2 Å². The molecule has 7 nitrogen and oxygen atoms in total. The molecule has 1 aromatic heterocycles. The van der Waals surface area contributed by atoms with E-state index >= 15 is 0 Å². The molecule has 3 aromatic rings. The summed E-state index contributed by atoms with van der Waals surface area (Å²) in [5.41, 5.74) is 1.85. The van der Waals surface area contributed by atoms with Crippen molar-refractivity contribution in [1.82, 2.24) is 19.6 Å². The van der Waals surface area contributed by atoms with Crippen molar-refractivity contribution in [2.75, 3.05) is 39.4 Å². The molecule has 174 valence electrons. The first-order valence-corrected chi connectivity index (χ1v) is 11.8. The van der Waals surface area contributed by atoms with Crippen LogP contribution in [0.25, 0.3) is 0 Å². The highest BCUT2D eigenvalue weighted by Gasteiger charge is 2.11. The fraction of sp³-hybridized carbons (Fsp3) is 0.375. The van der Waals surface area contributed by atoms with Gasteiger partial charge in [-0.1, -0.05) is 24.3 Å².